The van der Waals surface area contributed by atoms with Crippen molar-refractivity contribution in [3.05, 3.63) is 29.3 Å². The standard InChI is InChI=1S/C16H24N2O2/c1-10(2)15(18(6)13(5)19)16(20)17-14-8-11(3)7-12(4)9-14/h7-10,15H,1-6H3,(H,17,20)/t15-/m0/s1. The molecule has 1 N–H and O–H groups in total. The molecule has 4 nitrogen and oxygen atoms in total. The molecule has 0 aliphatic rings. The molecule has 0 saturated carbocycles. The van der Waals surface area contributed by atoms with Crippen LogP contribution in [0.15, 0.2) is 18.2 Å². The van der Waals surface area contributed by atoms with Crippen molar-refractivity contribution >= 4 is 17.5 Å². The van der Waals surface area contributed by atoms with Crippen LogP contribution in [0.4, 0.5) is 5.69 Å². The van der Waals surface area contributed by atoms with Gasteiger partial charge in [-0.05, 0) is 43.0 Å². The Balaban J connectivity index is 2.94. The quantitative estimate of drug-likeness (QED) is 0.919. The van der Waals surface area contributed by atoms with Gasteiger partial charge in [-0.1, -0.05) is 19.9 Å². The summed E-state index contributed by atoms with van der Waals surface area (Å²) in [7, 11) is 1.66. The van der Waals surface area contributed by atoms with Crippen LogP contribution >= 0.6 is 0 Å². The molecule has 0 radical (unpaired) electrons. The van der Waals surface area contributed by atoms with E-state index in [0.29, 0.717) is 0 Å². The van der Waals surface area contributed by atoms with Crippen molar-refractivity contribution in [1.29, 1.82) is 0 Å². The zero-order valence-corrected chi connectivity index (χ0v) is 13.2. The van der Waals surface area contributed by atoms with E-state index in [1.807, 2.05) is 39.8 Å². The summed E-state index contributed by atoms with van der Waals surface area (Å²) in [6.07, 6.45) is 0. The third-order valence-electron chi connectivity index (χ3n) is 3.30. The molecule has 0 aliphatic carbocycles. The maximum atomic E-state index is 12.4. The number of aryl methyl sites for hydroxylation is 2. The maximum Gasteiger partial charge on any atom is 0.247 e. The summed E-state index contributed by atoms with van der Waals surface area (Å²) in [4.78, 5) is 25.4. The first-order valence-electron chi connectivity index (χ1n) is 6.85. The lowest BCUT2D eigenvalue weighted by molar-refractivity contribution is -0.136. The Morgan fingerprint density at radius 2 is 1.60 bits per heavy atom. The van der Waals surface area contributed by atoms with Crippen molar-refractivity contribution in [2.24, 2.45) is 5.92 Å². The molecule has 0 aliphatic heterocycles. The Morgan fingerprint density at radius 3 is 2.00 bits per heavy atom. The van der Waals surface area contributed by atoms with Crippen molar-refractivity contribution in [3.8, 4) is 0 Å². The molecular formula is C16H24N2O2. The predicted molar refractivity (Wildman–Crippen MR) is 81.6 cm³/mol. The Kier molecular flexibility index (Phi) is 5.31. The molecule has 2 amide bonds. The number of amides is 2. The minimum absolute atomic E-state index is 0.0507. The first kappa shape index (κ1) is 16.2. The van der Waals surface area contributed by atoms with E-state index in [2.05, 4.69) is 11.4 Å². The topological polar surface area (TPSA) is 49.4 Å². The van der Waals surface area contributed by atoms with Gasteiger partial charge in [-0.15, -0.1) is 0 Å². The Morgan fingerprint density at radius 1 is 1.10 bits per heavy atom. The fourth-order valence-corrected chi connectivity index (χ4v) is 2.38. The van der Waals surface area contributed by atoms with Crippen LogP contribution in [0.5, 0.6) is 0 Å². The molecule has 1 aromatic rings. The molecule has 0 unspecified atom stereocenters. The monoisotopic (exact) mass is 276 g/mol. The number of benzene rings is 1. The lowest BCUT2D eigenvalue weighted by atomic mass is 10.0. The van der Waals surface area contributed by atoms with Gasteiger partial charge in [0.05, 0.1) is 0 Å². The molecule has 0 aromatic heterocycles. The number of carbonyl (C=O) groups is 2. The van der Waals surface area contributed by atoms with Crippen LogP contribution in [0, 0.1) is 19.8 Å². The number of carbonyl (C=O) groups excluding carboxylic acids is 2. The average molecular weight is 276 g/mol. The average Bonchev–Trinajstić information content (AvgIpc) is 2.26. The summed E-state index contributed by atoms with van der Waals surface area (Å²) >= 11 is 0. The predicted octanol–water partition coefficient (Wildman–Crippen LogP) is 2.74. The van der Waals surface area contributed by atoms with Crippen molar-refractivity contribution in [1.82, 2.24) is 4.90 Å². The van der Waals surface area contributed by atoms with Gasteiger partial charge in [-0.3, -0.25) is 9.59 Å². The molecule has 1 rings (SSSR count). The van der Waals surface area contributed by atoms with Crippen LogP contribution in [-0.4, -0.2) is 29.8 Å². The number of anilines is 1. The molecule has 110 valence electrons. The SMILES string of the molecule is CC(=O)N(C)[C@H](C(=O)Nc1cc(C)cc(C)c1)C(C)C. The highest BCUT2D eigenvalue weighted by Gasteiger charge is 2.28. The van der Waals surface area contributed by atoms with E-state index in [-0.39, 0.29) is 17.7 Å². The zero-order chi connectivity index (χ0) is 15.4. The van der Waals surface area contributed by atoms with Gasteiger partial charge >= 0.3 is 0 Å². The van der Waals surface area contributed by atoms with Gasteiger partial charge in [0.25, 0.3) is 0 Å². The van der Waals surface area contributed by atoms with Gasteiger partial charge in [-0.25, -0.2) is 0 Å². The van der Waals surface area contributed by atoms with E-state index in [1.54, 1.807) is 7.05 Å². The number of nitrogens with zero attached hydrogens (tertiary/aromatic N) is 1. The molecule has 0 heterocycles. The highest BCUT2D eigenvalue weighted by atomic mass is 16.2. The lowest BCUT2D eigenvalue weighted by Gasteiger charge is -2.29. The van der Waals surface area contributed by atoms with E-state index >= 15 is 0 Å². The summed E-state index contributed by atoms with van der Waals surface area (Å²) in [6.45, 7) is 9.32. The molecule has 4 heteroatoms. The summed E-state index contributed by atoms with van der Waals surface area (Å²) in [5.41, 5.74) is 2.97. The van der Waals surface area contributed by atoms with E-state index in [4.69, 9.17) is 0 Å². The van der Waals surface area contributed by atoms with Crippen LogP contribution < -0.4 is 5.32 Å². The van der Waals surface area contributed by atoms with Gasteiger partial charge in [0.2, 0.25) is 11.8 Å². The van der Waals surface area contributed by atoms with Crippen molar-refractivity contribution in [2.45, 2.75) is 40.7 Å². The highest BCUT2D eigenvalue weighted by Crippen LogP contribution is 2.17. The largest absolute Gasteiger partial charge is 0.334 e. The number of hydrogen-bond donors (Lipinski definition) is 1. The fourth-order valence-electron chi connectivity index (χ4n) is 2.38. The molecule has 0 saturated heterocycles. The van der Waals surface area contributed by atoms with Crippen LogP contribution in [0.25, 0.3) is 0 Å². The normalized spacial score (nSPS) is 12.2. The highest BCUT2D eigenvalue weighted by molar-refractivity contribution is 5.97. The minimum atomic E-state index is -0.465. The lowest BCUT2D eigenvalue weighted by Crippen LogP contribution is -2.47. The second-order valence-electron chi connectivity index (χ2n) is 5.68. The molecule has 0 spiro atoms. The third kappa shape index (κ3) is 4.08. The molecule has 0 fully saturated rings. The van der Waals surface area contributed by atoms with Crippen LogP contribution in [0.1, 0.15) is 31.9 Å². The Hall–Kier alpha value is -1.84. The molecule has 0 bridgehead atoms. The molecule has 1 aromatic carbocycles. The second-order valence-corrected chi connectivity index (χ2v) is 5.68. The summed E-state index contributed by atoms with van der Waals surface area (Å²) < 4.78 is 0. The molecule has 1 atom stereocenters. The van der Waals surface area contributed by atoms with Crippen LogP contribution in [-0.2, 0) is 9.59 Å². The van der Waals surface area contributed by atoms with Crippen LogP contribution in [0.3, 0.4) is 0 Å². The second kappa shape index (κ2) is 6.55. The smallest absolute Gasteiger partial charge is 0.247 e. The third-order valence-corrected chi connectivity index (χ3v) is 3.30. The van der Waals surface area contributed by atoms with Crippen molar-refractivity contribution in [2.75, 3.05) is 12.4 Å². The summed E-state index contributed by atoms with van der Waals surface area (Å²) in [5.74, 6) is -0.211. The van der Waals surface area contributed by atoms with E-state index in [1.165, 1.54) is 11.8 Å². The summed E-state index contributed by atoms with van der Waals surface area (Å²) in [5, 5.41) is 2.91. The van der Waals surface area contributed by atoms with E-state index in [9.17, 15) is 9.59 Å². The minimum Gasteiger partial charge on any atom is -0.334 e. The maximum absolute atomic E-state index is 12.4. The molecule has 20 heavy (non-hydrogen) atoms. The number of likely N-dealkylation sites (N-methyl/N-ethyl adjacent to an activating group) is 1. The van der Waals surface area contributed by atoms with E-state index in [0.717, 1.165) is 16.8 Å². The van der Waals surface area contributed by atoms with Gasteiger partial charge in [0, 0.05) is 19.7 Å². The van der Waals surface area contributed by atoms with Crippen molar-refractivity contribution in [3.63, 3.8) is 0 Å². The van der Waals surface area contributed by atoms with Crippen LogP contribution in [0.2, 0.25) is 0 Å². The summed E-state index contributed by atoms with van der Waals surface area (Å²) in [6, 6.07) is 5.44. The Bertz CT molecular complexity index is 489. The first-order chi connectivity index (χ1) is 9.22. The van der Waals surface area contributed by atoms with Gasteiger partial charge in [0.15, 0.2) is 0 Å². The van der Waals surface area contributed by atoms with Gasteiger partial charge in [0.1, 0.15) is 6.04 Å². The number of nitrogens with one attached hydrogen (secondary N) is 1. The fraction of sp³-hybridized carbons (Fsp3) is 0.500. The van der Waals surface area contributed by atoms with Gasteiger partial charge < -0.3 is 10.2 Å². The molecular weight excluding hydrogens is 252 g/mol. The zero-order valence-electron chi connectivity index (χ0n) is 13.2. The Labute approximate surface area is 121 Å². The van der Waals surface area contributed by atoms with Gasteiger partial charge in [-0.2, -0.15) is 0 Å². The van der Waals surface area contributed by atoms with Crippen molar-refractivity contribution < 1.29 is 9.59 Å². The number of rotatable bonds is 4. The number of hydrogen-bond acceptors (Lipinski definition) is 2. The van der Waals surface area contributed by atoms with E-state index < -0.39 is 6.04 Å². The first-order valence-corrected chi connectivity index (χ1v) is 6.85.